The summed E-state index contributed by atoms with van der Waals surface area (Å²) in [5, 5.41) is 3.24. The van der Waals surface area contributed by atoms with Gasteiger partial charge in [0.2, 0.25) is 0 Å². The Morgan fingerprint density at radius 1 is 1.54 bits per heavy atom. The van der Waals surface area contributed by atoms with Crippen LogP contribution < -0.4 is 5.32 Å². The van der Waals surface area contributed by atoms with E-state index in [0.717, 1.165) is 19.5 Å². The number of nitrogens with one attached hydrogen (secondary N) is 1. The van der Waals surface area contributed by atoms with Crippen molar-refractivity contribution in [3.63, 3.8) is 0 Å². The molecule has 1 rings (SSSR count). The second-order valence-electron chi connectivity index (χ2n) is 3.64. The maximum absolute atomic E-state index is 11.6. The van der Waals surface area contributed by atoms with Gasteiger partial charge in [0.05, 0.1) is 0 Å². The molecule has 1 aliphatic heterocycles. The summed E-state index contributed by atoms with van der Waals surface area (Å²) in [5.41, 5.74) is 0. The number of ketones is 1. The fraction of sp³-hybridized carbons (Fsp3) is 0.727. The van der Waals surface area contributed by atoms with Gasteiger partial charge in [-0.3, -0.25) is 4.79 Å². The highest BCUT2D eigenvalue weighted by Gasteiger charge is 2.28. The molecule has 2 unspecified atom stereocenters. The van der Waals surface area contributed by atoms with E-state index in [1.54, 1.807) is 0 Å². The summed E-state index contributed by atoms with van der Waals surface area (Å²) in [5.74, 6) is 6.85. The van der Waals surface area contributed by atoms with Crippen LogP contribution in [0.5, 0.6) is 0 Å². The van der Waals surface area contributed by atoms with E-state index in [9.17, 15) is 4.79 Å². The zero-order chi connectivity index (χ0) is 9.68. The summed E-state index contributed by atoms with van der Waals surface area (Å²) < 4.78 is 0. The average molecular weight is 179 g/mol. The van der Waals surface area contributed by atoms with Gasteiger partial charge in [-0.1, -0.05) is 6.92 Å². The molecule has 2 heteroatoms. The molecule has 13 heavy (non-hydrogen) atoms. The van der Waals surface area contributed by atoms with Crippen molar-refractivity contribution < 1.29 is 4.79 Å². The van der Waals surface area contributed by atoms with E-state index in [2.05, 4.69) is 24.1 Å². The van der Waals surface area contributed by atoms with Crippen LogP contribution in [-0.2, 0) is 4.79 Å². The molecule has 2 atom stereocenters. The molecule has 0 aromatic rings. The predicted molar refractivity (Wildman–Crippen MR) is 53.2 cm³/mol. The summed E-state index contributed by atoms with van der Waals surface area (Å²) in [4.78, 5) is 11.6. The molecule has 0 saturated carbocycles. The standard InChI is InChI=1S/C11H17NO/c1-3-4-5-6-11(13)10-8-12-7-9(10)2/h9-10,12H,5-8H2,1-2H3. The van der Waals surface area contributed by atoms with Gasteiger partial charge in [-0.25, -0.2) is 0 Å². The summed E-state index contributed by atoms with van der Waals surface area (Å²) in [7, 11) is 0. The lowest BCUT2D eigenvalue weighted by Crippen LogP contribution is -2.20. The monoisotopic (exact) mass is 179 g/mol. The first-order valence-corrected chi connectivity index (χ1v) is 4.88. The number of carbonyl (C=O) groups excluding carboxylic acids is 1. The van der Waals surface area contributed by atoms with Crippen molar-refractivity contribution in [3.8, 4) is 11.8 Å². The van der Waals surface area contributed by atoms with E-state index in [1.165, 1.54) is 0 Å². The predicted octanol–water partition coefficient (Wildman–Crippen LogP) is 1.21. The Labute approximate surface area is 80.1 Å². The van der Waals surface area contributed by atoms with Gasteiger partial charge in [-0.05, 0) is 19.4 Å². The van der Waals surface area contributed by atoms with Crippen molar-refractivity contribution in [3.05, 3.63) is 0 Å². The van der Waals surface area contributed by atoms with E-state index in [4.69, 9.17) is 0 Å². The first-order chi connectivity index (χ1) is 6.25. The zero-order valence-electron chi connectivity index (χ0n) is 8.39. The minimum Gasteiger partial charge on any atom is -0.316 e. The Bertz CT molecular complexity index is 236. The number of hydrogen-bond acceptors (Lipinski definition) is 2. The third-order valence-corrected chi connectivity index (χ3v) is 2.60. The average Bonchev–Trinajstić information content (AvgIpc) is 2.52. The molecule has 0 amide bonds. The van der Waals surface area contributed by atoms with Crippen molar-refractivity contribution in [2.75, 3.05) is 13.1 Å². The van der Waals surface area contributed by atoms with E-state index >= 15 is 0 Å². The van der Waals surface area contributed by atoms with Crippen molar-refractivity contribution >= 4 is 5.78 Å². The molecule has 0 aromatic heterocycles. The Kier molecular flexibility index (Phi) is 3.98. The van der Waals surface area contributed by atoms with Gasteiger partial charge in [0.1, 0.15) is 5.78 Å². The first kappa shape index (κ1) is 10.3. The highest BCUT2D eigenvalue weighted by molar-refractivity contribution is 5.82. The molecule has 1 N–H and O–H groups in total. The molecule has 1 saturated heterocycles. The van der Waals surface area contributed by atoms with Crippen LogP contribution in [0.1, 0.15) is 26.7 Å². The van der Waals surface area contributed by atoms with Gasteiger partial charge in [-0.15, -0.1) is 11.8 Å². The summed E-state index contributed by atoms with van der Waals surface area (Å²) in [6, 6.07) is 0. The number of carbonyl (C=O) groups is 1. The molecule has 1 heterocycles. The maximum Gasteiger partial charge on any atom is 0.138 e. The maximum atomic E-state index is 11.6. The van der Waals surface area contributed by atoms with Gasteiger partial charge >= 0.3 is 0 Å². The van der Waals surface area contributed by atoms with Crippen LogP contribution in [-0.4, -0.2) is 18.9 Å². The fourth-order valence-electron chi connectivity index (χ4n) is 1.74. The van der Waals surface area contributed by atoms with Gasteiger partial charge in [0, 0.05) is 25.3 Å². The Morgan fingerprint density at radius 3 is 2.85 bits per heavy atom. The molecule has 1 aliphatic rings. The van der Waals surface area contributed by atoms with Crippen molar-refractivity contribution in [2.45, 2.75) is 26.7 Å². The van der Waals surface area contributed by atoms with Crippen molar-refractivity contribution in [2.24, 2.45) is 11.8 Å². The van der Waals surface area contributed by atoms with Crippen molar-refractivity contribution in [1.82, 2.24) is 5.32 Å². The lowest BCUT2D eigenvalue weighted by Gasteiger charge is -2.11. The number of rotatable bonds is 3. The Hall–Kier alpha value is -0.810. The van der Waals surface area contributed by atoms with Crippen LogP contribution in [0.2, 0.25) is 0 Å². The summed E-state index contributed by atoms with van der Waals surface area (Å²) >= 11 is 0. The topological polar surface area (TPSA) is 29.1 Å². The second kappa shape index (κ2) is 5.04. The van der Waals surface area contributed by atoms with E-state index in [-0.39, 0.29) is 5.92 Å². The van der Waals surface area contributed by atoms with Gasteiger partial charge in [0.15, 0.2) is 0 Å². The molecule has 0 radical (unpaired) electrons. The fourth-order valence-corrected chi connectivity index (χ4v) is 1.74. The van der Waals surface area contributed by atoms with E-state index < -0.39 is 0 Å². The number of Topliss-reactive ketones (excluding diaryl/α,β-unsaturated/α-hetero) is 1. The molecule has 72 valence electrons. The van der Waals surface area contributed by atoms with Crippen LogP contribution in [0.4, 0.5) is 0 Å². The molecule has 2 nitrogen and oxygen atoms in total. The molecule has 0 aromatic carbocycles. The zero-order valence-corrected chi connectivity index (χ0v) is 8.39. The highest BCUT2D eigenvalue weighted by Crippen LogP contribution is 2.18. The first-order valence-electron chi connectivity index (χ1n) is 4.88. The molecule has 1 fully saturated rings. The summed E-state index contributed by atoms with van der Waals surface area (Å²) in [6.07, 6.45) is 1.34. The minimum absolute atomic E-state index is 0.235. The molecule has 0 aliphatic carbocycles. The largest absolute Gasteiger partial charge is 0.316 e. The van der Waals surface area contributed by atoms with Gasteiger partial charge < -0.3 is 5.32 Å². The normalized spacial score (nSPS) is 26.6. The van der Waals surface area contributed by atoms with Crippen molar-refractivity contribution in [1.29, 1.82) is 0 Å². The van der Waals surface area contributed by atoms with Crippen LogP contribution in [0.25, 0.3) is 0 Å². The van der Waals surface area contributed by atoms with Gasteiger partial charge in [-0.2, -0.15) is 0 Å². The van der Waals surface area contributed by atoms with Crippen LogP contribution in [0.15, 0.2) is 0 Å². The Morgan fingerprint density at radius 2 is 2.31 bits per heavy atom. The summed E-state index contributed by atoms with van der Waals surface area (Å²) in [6.45, 7) is 5.79. The van der Waals surface area contributed by atoms with Crippen LogP contribution >= 0.6 is 0 Å². The number of hydrogen-bond donors (Lipinski definition) is 1. The molecular formula is C11H17NO. The Balaban J connectivity index is 2.33. The lowest BCUT2D eigenvalue weighted by molar-refractivity contribution is -0.123. The molecule has 0 spiro atoms. The quantitative estimate of drug-likeness (QED) is 0.660. The lowest BCUT2D eigenvalue weighted by atomic mass is 9.91. The minimum atomic E-state index is 0.235. The third kappa shape index (κ3) is 2.86. The second-order valence-corrected chi connectivity index (χ2v) is 3.64. The van der Waals surface area contributed by atoms with Crippen LogP contribution in [0.3, 0.4) is 0 Å². The third-order valence-electron chi connectivity index (χ3n) is 2.60. The SMILES string of the molecule is CC#CCCC(=O)C1CNCC1C. The molecule has 0 bridgehead atoms. The van der Waals surface area contributed by atoms with Crippen LogP contribution in [0, 0.1) is 23.7 Å². The van der Waals surface area contributed by atoms with E-state index in [1.807, 2.05) is 6.92 Å². The van der Waals surface area contributed by atoms with Gasteiger partial charge in [0.25, 0.3) is 0 Å². The highest BCUT2D eigenvalue weighted by atomic mass is 16.1. The smallest absolute Gasteiger partial charge is 0.138 e. The molecular weight excluding hydrogens is 162 g/mol. The van der Waals surface area contributed by atoms with E-state index in [0.29, 0.717) is 18.1 Å².